The summed E-state index contributed by atoms with van der Waals surface area (Å²) in [6.07, 6.45) is 0. The smallest absolute Gasteiger partial charge is 0.256 e. The minimum atomic E-state index is -0.277. The summed E-state index contributed by atoms with van der Waals surface area (Å²) in [5.74, 6) is -0.277. The molecule has 7 heteroatoms. The van der Waals surface area contributed by atoms with Gasteiger partial charge in [0.25, 0.3) is 5.91 Å². The number of carbonyl (C=O) groups excluding carboxylic acids is 1. The summed E-state index contributed by atoms with van der Waals surface area (Å²) in [4.78, 5) is 14.3. The van der Waals surface area contributed by atoms with E-state index < -0.39 is 0 Å². The van der Waals surface area contributed by atoms with Gasteiger partial charge in [0.1, 0.15) is 15.9 Å². The van der Waals surface area contributed by atoms with Crippen LogP contribution in [0.25, 0.3) is 0 Å². The lowest BCUT2D eigenvalue weighted by Gasteiger charge is -2.22. The second-order valence-electron chi connectivity index (χ2n) is 3.79. The highest BCUT2D eigenvalue weighted by atomic mass is 32.1. The number of nitrogens with one attached hydrogen (secondary N) is 1. The Labute approximate surface area is 116 Å². The average Bonchev–Trinajstić information content (AvgIpc) is 2.76. The summed E-state index contributed by atoms with van der Waals surface area (Å²) in [5, 5.41) is 12.3. The fourth-order valence-corrected chi connectivity index (χ4v) is 2.79. The highest BCUT2D eigenvalue weighted by molar-refractivity contribution is 7.17. The largest absolute Gasteiger partial charge is 0.396 e. The van der Waals surface area contributed by atoms with Gasteiger partial charge >= 0.3 is 0 Å². The van der Waals surface area contributed by atoms with Crippen LogP contribution in [0, 0.1) is 11.3 Å². The predicted molar refractivity (Wildman–Crippen MR) is 76.6 cm³/mol. The van der Waals surface area contributed by atoms with E-state index in [1.54, 1.807) is 14.2 Å². The number of thiophene rings is 1. The number of rotatable bonds is 6. The molecular formula is C12H18N4O2S. The van der Waals surface area contributed by atoms with E-state index in [4.69, 9.17) is 15.7 Å². The Morgan fingerprint density at radius 3 is 2.79 bits per heavy atom. The molecule has 19 heavy (non-hydrogen) atoms. The van der Waals surface area contributed by atoms with Crippen molar-refractivity contribution in [2.24, 2.45) is 0 Å². The Morgan fingerprint density at radius 2 is 2.32 bits per heavy atom. The molecule has 0 atom stereocenters. The van der Waals surface area contributed by atoms with Crippen LogP contribution in [0.5, 0.6) is 0 Å². The quantitative estimate of drug-likeness (QED) is 0.813. The van der Waals surface area contributed by atoms with Crippen molar-refractivity contribution < 1.29 is 9.53 Å². The molecule has 0 unspecified atom stereocenters. The van der Waals surface area contributed by atoms with Crippen molar-refractivity contribution in [1.29, 1.82) is 5.26 Å². The zero-order chi connectivity index (χ0) is 14.4. The fraction of sp³-hybridized carbons (Fsp3) is 0.500. The molecule has 0 bridgehead atoms. The summed E-state index contributed by atoms with van der Waals surface area (Å²) >= 11 is 1.24. The number of likely N-dealkylation sites (N-methyl/N-ethyl adjacent to an activating group) is 1. The molecule has 0 saturated heterocycles. The van der Waals surface area contributed by atoms with Gasteiger partial charge in [-0.25, -0.2) is 0 Å². The minimum absolute atomic E-state index is 0.248. The number of hydrogen-bond acceptors (Lipinski definition) is 6. The Morgan fingerprint density at radius 1 is 1.63 bits per heavy atom. The number of nitrogens with two attached hydrogens (primary N) is 1. The van der Waals surface area contributed by atoms with E-state index in [1.807, 2.05) is 17.9 Å². The van der Waals surface area contributed by atoms with E-state index >= 15 is 0 Å². The first-order chi connectivity index (χ1) is 9.10. The monoisotopic (exact) mass is 282 g/mol. The molecule has 1 aromatic heterocycles. The Kier molecular flexibility index (Phi) is 5.60. The third kappa shape index (κ3) is 3.16. The van der Waals surface area contributed by atoms with Crippen LogP contribution < -0.4 is 16.0 Å². The summed E-state index contributed by atoms with van der Waals surface area (Å²) in [5.41, 5.74) is 6.51. The maximum absolute atomic E-state index is 11.9. The summed E-state index contributed by atoms with van der Waals surface area (Å²) < 4.78 is 5.05. The number of anilines is 2. The van der Waals surface area contributed by atoms with Crippen LogP contribution in [0.3, 0.4) is 0 Å². The maximum Gasteiger partial charge on any atom is 0.256 e. The topological polar surface area (TPSA) is 91.4 Å². The molecular weight excluding hydrogens is 264 g/mol. The van der Waals surface area contributed by atoms with Crippen LogP contribution in [-0.2, 0) is 4.74 Å². The van der Waals surface area contributed by atoms with E-state index in [0.29, 0.717) is 35.1 Å². The van der Waals surface area contributed by atoms with E-state index in [2.05, 4.69) is 5.32 Å². The van der Waals surface area contributed by atoms with Crippen molar-refractivity contribution >= 4 is 27.9 Å². The fourth-order valence-electron chi connectivity index (χ4n) is 1.69. The van der Waals surface area contributed by atoms with Gasteiger partial charge in [-0.3, -0.25) is 4.79 Å². The molecule has 3 N–H and O–H groups in total. The van der Waals surface area contributed by atoms with Gasteiger partial charge in [0.15, 0.2) is 0 Å². The first-order valence-corrected chi connectivity index (χ1v) is 6.70. The van der Waals surface area contributed by atoms with Gasteiger partial charge in [0, 0.05) is 27.2 Å². The lowest BCUT2D eigenvalue weighted by Crippen LogP contribution is -2.29. The molecule has 104 valence electrons. The molecule has 0 radical (unpaired) electrons. The summed E-state index contributed by atoms with van der Waals surface area (Å²) in [7, 11) is 3.16. The number of hydrogen-bond donors (Lipinski definition) is 2. The lowest BCUT2D eigenvalue weighted by molar-refractivity contribution is 0.0964. The van der Waals surface area contributed by atoms with Crippen molar-refractivity contribution in [3.63, 3.8) is 0 Å². The van der Waals surface area contributed by atoms with Gasteiger partial charge < -0.3 is 20.7 Å². The zero-order valence-corrected chi connectivity index (χ0v) is 12.1. The van der Waals surface area contributed by atoms with E-state index in [1.165, 1.54) is 11.3 Å². The van der Waals surface area contributed by atoms with Gasteiger partial charge in [-0.1, -0.05) is 0 Å². The molecule has 6 nitrogen and oxygen atoms in total. The molecule has 1 aromatic rings. The van der Waals surface area contributed by atoms with E-state index in [-0.39, 0.29) is 11.6 Å². The minimum Gasteiger partial charge on any atom is -0.396 e. The van der Waals surface area contributed by atoms with Crippen molar-refractivity contribution in [2.45, 2.75) is 6.92 Å². The molecule has 0 aliphatic heterocycles. The van der Waals surface area contributed by atoms with Crippen LogP contribution in [0.1, 0.15) is 22.2 Å². The van der Waals surface area contributed by atoms with Gasteiger partial charge in [0.05, 0.1) is 17.9 Å². The lowest BCUT2D eigenvalue weighted by atomic mass is 10.2. The molecule has 1 rings (SSSR count). The molecule has 1 amide bonds. The number of nitriles is 1. The highest BCUT2D eigenvalue weighted by Gasteiger charge is 2.24. The van der Waals surface area contributed by atoms with Crippen LogP contribution in [0.2, 0.25) is 0 Å². The molecule has 0 aliphatic rings. The van der Waals surface area contributed by atoms with Gasteiger partial charge in [0.2, 0.25) is 0 Å². The normalized spacial score (nSPS) is 10.0. The second-order valence-corrected chi connectivity index (χ2v) is 4.79. The van der Waals surface area contributed by atoms with Crippen molar-refractivity contribution in [2.75, 3.05) is 44.5 Å². The zero-order valence-electron chi connectivity index (χ0n) is 11.3. The molecule has 0 aliphatic carbocycles. The number of nitrogens with zero attached hydrogens (tertiary/aromatic N) is 2. The van der Waals surface area contributed by atoms with E-state index in [0.717, 1.165) is 0 Å². The number of carbonyl (C=O) groups is 1. The molecule has 0 aromatic carbocycles. The first-order valence-electron chi connectivity index (χ1n) is 5.88. The second kappa shape index (κ2) is 6.97. The Balaban J connectivity index is 3.24. The van der Waals surface area contributed by atoms with Gasteiger partial charge in [-0.15, -0.1) is 11.3 Å². The van der Waals surface area contributed by atoms with Gasteiger partial charge in [-0.2, -0.15) is 5.26 Å². The maximum atomic E-state index is 11.9. The number of amides is 1. The Bertz CT molecular complexity index is 493. The van der Waals surface area contributed by atoms with Crippen LogP contribution in [-0.4, -0.2) is 39.8 Å². The molecule has 0 fully saturated rings. The SMILES string of the molecule is CCN(CCOC)c1sc(C#N)c(N)c1C(=O)NC. The third-order valence-corrected chi connectivity index (χ3v) is 3.89. The Hall–Kier alpha value is -1.78. The van der Waals surface area contributed by atoms with Gasteiger partial charge in [-0.05, 0) is 6.92 Å². The molecule has 1 heterocycles. The summed E-state index contributed by atoms with van der Waals surface area (Å²) in [6, 6.07) is 2.03. The highest BCUT2D eigenvalue weighted by Crippen LogP contribution is 2.37. The molecule has 0 saturated carbocycles. The first kappa shape index (κ1) is 15.3. The number of nitrogen functional groups attached to an aromatic ring is 1. The number of ether oxygens (including phenoxy) is 1. The number of methoxy groups -OCH3 is 1. The predicted octanol–water partition coefficient (Wildman–Crippen LogP) is 1.03. The van der Waals surface area contributed by atoms with Crippen molar-refractivity contribution in [1.82, 2.24) is 5.32 Å². The van der Waals surface area contributed by atoms with Crippen LogP contribution in [0.15, 0.2) is 0 Å². The van der Waals surface area contributed by atoms with E-state index in [9.17, 15) is 4.79 Å². The summed E-state index contributed by atoms with van der Waals surface area (Å²) in [6.45, 7) is 3.87. The van der Waals surface area contributed by atoms with Crippen molar-refractivity contribution in [3.8, 4) is 6.07 Å². The van der Waals surface area contributed by atoms with Crippen LogP contribution >= 0.6 is 11.3 Å². The molecule has 0 spiro atoms. The van der Waals surface area contributed by atoms with Crippen LogP contribution in [0.4, 0.5) is 10.7 Å². The van der Waals surface area contributed by atoms with Crippen molar-refractivity contribution in [3.05, 3.63) is 10.4 Å². The average molecular weight is 282 g/mol. The standard InChI is InChI=1S/C12H18N4O2S/c1-4-16(5-6-18-3)12-9(11(17)15-2)10(14)8(7-13)19-12/h4-6,14H2,1-3H3,(H,15,17). The third-order valence-electron chi connectivity index (χ3n) is 2.72.